The standard InChI is InChI=1S/C19H20N4O3S2/c1-12-6-4-5-7-13(12)11-27-19-23-22-18(28-19)21-17(24)20-14-8-9-15(25-2)16(10-14)26-3/h4-10H,11H2,1-3H3,(H2,20,21,22,24). The van der Waals surface area contributed by atoms with Crippen LogP contribution in [0.25, 0.3) is 0 Å². The van der Waals surface area contributed by atoms with Crippen LogP contribution in [0.4, 0.5) is 15.6 Å². The smallest absolute Gasteiger partial charge is 0.325 e. The van der Waals surface area contributed by atoms with Crippen molar-refractivity contribution in [1.29, 1.82) is 0 Å². The number of thioether (sulfide) groups is 1. The van der Waals surface area contributed by atoms with Gasteiger partial charge in [-0.2, -0.15) is 0 Å². The number of hydrogen-bond acceptors (Lipinski definition) is 7. The lowest BCUT2D eigenvalue weighted by molar-refractivity contribution is 0.262. The molecule has 2 amide bonds. The van der Waals surface area contributed by atoms with E-state index in [9.17, 15) is 4.79 Å². The van der Waals surface area contributed by atoms with Crippen molar-refractivity contribution in [2.75, 3.05) is 24.9 Å². The number of urea groups is 1. The molecule has 0 atom stereocenters. The van der Waals surface area contributed by atoms with E-state index in [-0.39, 0.29) is 0 Å². The molecule has 0 bridgehead atoms. The molecule has 146 valence electrons. The first-order valence-corrected chi connectivity index (χ1v) is 10.2. The molecule has 0 aliphatic carbocycles. The summed E-state index contributed by atoms with van der Waals surface area (Å²) >= 11 is 2.93. The van der Waals surface area contributed by atoms with E-state index >= 15 is 0 Å². The van der Waals surface area contributed by atoms with E-state index in [1.807, 2.05) is 12.1 Å². The summed E-state index contributed by atoms with van der Waals surface area (Å²) in [6.07, 6.45) is 0. The van der Waals surface area contributed by atoms with Crippen molar-refractivity contribution in [3.8, 4) is 11.5 Å². The number of carbonyl (C=O) groups is 1. The maximum absolute atomic E-state index is 12.2. The molecule has 1 aromatic heterocycles. The van der Waals surface area contributed by atoms with Gasteiger partial charge in [0.1, 0.15) is 0 Å². The molecule has 0 fully saturated rings. The fraction of sp³-hybridized carbons (Fsp3) is 0.211. The summed E-state index contributed by atoms with van der Waals surface area (Å²) in [6, 6.07) is 13.0. The van der Waals surface area contributed by atoms with E-state index in [0.29, 0.717) is 22.3 Å². The van der Waals surface area contributed by atoms with E-state index in [0.717, 1.165) is 10.1 Å². The second-order valence-corrected chi connectivity index (χ2v) is 7.94. The summed E-state index contributed by atoms with van der Waals surface area (Å²) in [7, 11) is 3.10. The van der Waals surface area contributed by atoms with Gasteiger partial charge in [-0.25, -0.2) is 4.79 Å². The first kappa shape index (κ1) is 20.0. The Morgan fingerprint density at radius 2 is 1.86 bits per heavy atom. The fourth-order valence-corrected chi connectivity index (χ4v) is 4.23. The number of ether oxygens (including phenoxy) is 2. The third-order valence-corrected chi connectivity index (χ3v) is 5.90. The SMILES string of the molecule is COc1ccc(NC(=O)Nc2nnc(SCc3ccccc3C)s2)cc1OC. The zero-order valence-electron chi connectivity index (χ0n) is 15.7. The number of hydrogen-bond donors (Lipinski definition) is 2. The molecule has 0 aliphatic rings. The van der Waals surface area contributed by atoms with E-state index in [4.69, 9.17) is 9.47 Å². The van der Waals surface area contributed by atoms with Gasteiger partial charge in [-0.1, -0.05) is 47.4 Å². The van der Waals surface area contributed by atoms with Gasteiger partial charge in [-0.15, -0.1) is 10.2 Å². The first-order chi connectivity index (χ1) is 13.6. The second-order valence-electron chi connectivity index (χ2n) is 5.74. The van der Waals surface area contributed by atoms with Crippen LogP contribution in [0, 0.1) is 6.92 Å². The zero-order chi connectivity index (χ0) is 19.9. The van der Waals surface area contributed by atoms with Crippen LogP contribution < -0.4 is 20.1 Å². The maximum atomic E-state index is 12.2. The number of aromatic nitrogens is 2. The lowest BCUT2D eigenvalue weighted by Gasteiger charge is -2.10. The Morgan fingerprint density at radius 3 is 2.61 bits per heavy atom. The number of methoxy groups -OCH3 is 2. The van der Waals surface area contributed by atoms with Crippen molar-refractivity contribution in [2.24, 2.45) is 0 Å². The predicted molar refractivity (Wildman–Crippen MR) is 113 cm³/mol. The summed E-state index contributed by atoms with van der Waals surface area (Å²) in [5.74, 6) is 1.93. The van der Waals surface area contributed by atoms with Crippen LogP contribution in [0.5, 0.6) is 11.5 Å². The number of nitrogens with one attached hydrogen (secondary N) is 2. The summed E-state index contributed by atoms with van der Waals surface area (Å²) in [5, 5.41) is 14.0. The molecule has 9 heteroatoms. The minimum atomic E-state index is -0.404. The molecule has 7 nitrogen and oxygen atoms in total. The van der Waals surface area contributed by atoms with Gasteiger partial charge in [0.2, 0.25) is 5.13 Å². The number of anilines is 2. The van der Waals surface area contributed by atoms with Gasteiger partial charge < -0.3 is 14.8 Å². The van der Waals surface area contributed by atoms with Crippen molar-refractivity contribution in [1.82, 2.24) is 10.2 Å². The Bertz CT molecular complexity index is 962. The summed E-state index contributed by atoms with van der Waals surface area (Å²) < 4.78 is 11.2. The largest absolute Gasteiger partial charge is 0.493 e. The number of rotatable bonds is 7. The molecule has 28 heavy (non-hydrogen) atoms. The van der Waals surface area contributed by atoms with Crippen molar-refractivity contribution >= 4 is 39.9 Å². The Kier molecular flexibility index (Phi) is 6.72. The van der Waals surface area contributed by atoms with Crippen molar-refractivity contribution < 1.29 is 14.3 Å². The third kappa shape index (κ3) is 5.14. The topological polar surface area (TPSA) is 85.4 Å². The van der Waals surface area contributed by atoms with Crippen molar-refractivity contribution in [3.63, 3.8) is 0 Å². The quantitative estimate of drug-likeness (QED) is 0.425. The average molecular weight is 417 g/mol. The van der Waals surface area contributed by atoms with E-state index in [1.54, 1.807) is 44.2 Å². The molecule has 2 N–H and O–H groups in total. The fourth-order valence-electron chi connectivity index (χ4n) is 2.40. The summed E-state index contributed by atoms with van der Waals surface area (Å²) in [6.45, 7) is 2.08. The van der Waals surface area contributed by atoms with E-state index in [1.165, 1.54) is 22.5 Å². The van der Waals surface area contributed by atoms with Gasteiger partial charge in [0.25, 0.3) is 0 Å². The molecular weight excluding hydrogens is 396 g/mol. The number of amides is 2. The maximum Gasteiger partial charge on any atom is 0.325 e. The Labute approximate surface area is 171 Å². The summed E-state index contributed by atoms with van der Waals surface area (Å²) in [5.41, 5.74) is 3.07. The third-order valence-electron chi connectivity index (χ3n) is 3.88. The lowest BCUT2D eigenvalue weighted by atomic mass is 10.1. The molecule has 1 heterocycles. The van der Waals surface area contributed by atoms with E-state index < -0.39 is 6.03 Å². The van der Waals surface area contributed by atoms with Crippen molar-refractivity contribution in [2.45, 2.75) is 17.0 Å². The monoisotopic (exact) mass is 416 g/mol. The van der Waals surface area contributed by atoms with Gasteiger partial charge in [-0.05, 0) is 30.2 Å². The van der Waals surface area contributed by atoms with E-state index in [2.05, 4.69) is 39.9 Å². The second kappa shape index (κ2) is 9.43. The minimum absolute atomic E-state index is 0.404. The minimum Gasteiger partial charge on any atom is -0.493 e. The van der Waals surface area contributed by atoms with Crippen molar-refractivity contribution in [3.05, 3.63) is 53.6 Å². The van der Waals surface area contributed by atoms with Crippen LogP contribution in [-0.2, 0) is 5.75 Å². The average Bonchev–Trinajstić information content (AvgIpc) is 3.14. The Balaban J connectivity index is 1.56. The van der Waals surface area contributed by atoms with Gasteiger partial charge in [0.05, 0.1) is 14.2 Å². The molecule has 0 saturated heterocycles. The zero-order valence-corrected chi connectivity index (χ0v) is 17.3. The highest BCUT2D eigenvalue weighted by atomic mass is 32.2. The van der Waals surface area contributed by atoms with Crippen LogP contribution in [0.15, 0.2) is 46.8 Å². The highest BCUT2D eigenvalue weighted by Gasteiger charge is 2.11. The van der Waals surface area contributed by atoms with Crippen LogP contribution in [-0.4, -0.2) is 30.4 Å². The molecule has 0 radical (unpaired) electrons. The normalized spacial score (nSPS) is 10.4. The summed E-state index contributed by atoms with van der Waals surface area (Å²) in [4.78, 5) is 12.2. The molecule has 2 aromatic carbocycles. The highest BCUT2D eigenvalue weighted by molar-refractivity contribution is 8.00. The lowest BCUT2D eigenvalue weighted by Crippen LogP contribution is -2.19. The van der Waals surface area contributed by atoms with Gasteiger partial charge in [-0.3, -0.25) is 5.32 Å². The number of carbonyl (C=O) groups excluding carboxylic acids is 1. The number of aryl methyl sites for hydroxylation is 1. The molecule has 0 saturated carbocycles. The number of benzene rings is 2. The Hall–Kier alpha value is -2.78. The van der Waals surface area contributed by atoms with Crippen LogP contribution in [0.2, 0.25) is 0 Å². The highest BCUT2D eigenvalue weighted by Crippen LogP contribution is 2.31. The van der Waals surface area contributed by atoms with Crippen LogP contribution in [0.1, 0.15) is 11.1 Å². The molecule has 0 spiro atoms. The van der Waals surface area contributed by atoms with Crippen LogP contribution >= 0.6 is 23.1 Å². The Morgan fingerprint density at radius 1 is 1.07 bits per heavy atom. The van der Waals surface area contributed by atoms with Gasteiger partial charge in [0, 0.05) is 17.5 Å². The van der Waals surface area contributed by atoms with Crippen LogP contribution in [0.3, 0.4) is 0 Å². The van der Waals surface area contributed by atoms with Gasteiger partial charge >= 0.3 is 6.03 Å². The number of nitrogens with zero attached hydrogens (tertiary/aromatic N) is 2. The molecule has 0 unspecified atom stereocenters. The van der Waals surface area contributed by atoms with Gasteiger partial charge in [0.15, 0.2) is 15.8 Å². The molecular formula is C19H20N4O3S2. The molecule has 3 aromatic rings. The molecule has 3 rings (SSSR count). The first-order valence-electron chi connectivity index (χ1n) is 8.40. The predicted octanol–water partition coefficient (Wildman–Crippen LogP) is 4.80. The molecule has 0 aliphatic heterocycles.